The second-order valence-corrected chi connectivity index (χ2v) is 4.61. The molecule has 0 amide bonds. The van der Waals surface area contributed by atoms with E-state index in [9.17, 15) is 13.2 Å². The van der Waals surface area contributed by atoms with Gasteiger partial charge in [-0.1, -0.05) is 39.0 Å². The Morgan fingerprint density at radius 2 is 1.56 bits per heavy atom. The lowest BCUT2D eigenvalue weighted by Crippen LogP contribution is -2.11. The van der Waals surface area contributed by atoms with Crippen molar-refractivity contribution in [1.82, 2.24) is 0 Å². The van der Waals surface area contributed by atoms with E-state index in [-0.39, 0.29) is 0 Å². The summed E-state index contributed by atoms with van der Waals surface area (Å²) in [5.74, 6) is -3.79. The van der Waals surface area contributed by atoms with Crippen LogP contribution < -0.4 is 5.73 Å². The topological polar surface area (TPSA) is 26.0 Å². The molecule has 0 aliphatic heterocycles. The minimum atomic E-state index is -1.44. The van der Waals surface area contributed by atoms with Crippen LogP contribution in [0.15, 0.2) is 12.1 Å². The highest BCUT2D eigenvalue weighted by Gasteiger charge is 2.14. The molecule has 1 aromatic carbocycles. The maximum absolute atomic E-state index is 13.0. The van der Waals surface area contributed by atoms with E-state index in [2.05, 4.69) is 6.92 Å². The first-order valence-corrected chi connectivity index (χ1v) is 6.46. The maximum atomic E-state index is 13.0. The average Bonchev–Trinajstić information content (AvgIpc) is 2.34. The van der Waals surface area contributed by atoms with Crippen molar-refractivity contribution in [2.75, 3.05) is 0 Å². The van der Waals surface area contributed by atoms with E-state index in [0.29, 0.717) is 12.0 Å². The molecule has 2 N–H and O–H groups in total. The molecular weight excluding hydrogens is 239 g/mol. The SMILES string of the molecule is CCCCCCCC(N)c1cc(F)c(F)c(F)c1. The summed E-state index contributed by atoms with van der Waals surface area (Å²) in [5.41, 5.74) is 6.16. The molecule has 1 atom stereocenters. The molecule has 4 heteroatoms. The van der Waals surface area contributed by atoms with Crippen molar-refractivity contribution in [1.29, 1.82) is 0 Å². The van der Waals surface area contributed by atoms with Gasteiger partial charge in [0.25, 0.3) is 0 Å². The molecule has 0 radical (unpaired) electrons. The van der Waals surface area contributed by atoms with Crippen LogP contribution in [-0.4, -0.2) is 0 Å². The average molecular weight is 259 g/mol. The Morgan fingerprint density at radius 1 is 1.00 bits per heavy atom. The molecule has 1 unspecified atom stereocenters. The van der Waals surface area contributed by atoms with E-state index in [0.717, 1.165) is 31.4 Å². The van der Waals surface area contributed by atoms with Crippen molar-refractivity contribution >= 4 is 0 Å². The van der Waals surface area contributed by atoms with Gasteiger partial charge in [0.2, 0.25) is 0 Å². The molecule has 102 valence electrons. The summed E-state index contributed by atoms with van der Waals surface area (Å²) in [5, 5.41) is 0. The summed E-state index contributed by atoms with van der Waals surface area (Å²) in [6.07, 6.45) is 6.15. The molecule has 0 saturated heterocycles. The summed E-state index contributed by atoms with van der Waals surface area (Å²) in [6.45, 7) is 2.13. The lowest BCUT2D eigenvalue weighted by atomic mass is 10.0. The maximum Gasteiger partial charge on any atom is 0.194 e. The molecule has 0 bridgehead atoms. The molecule has 0 spiro atoms. The number of hydrogen-bond acceptors (Lipinski definition) is 1. The second-order valence-electron chi connectivity index (χ2n) is 4.61. The van der Waals surface area contributed by atoms with Gasteiger partial charge in [0.15, 0.2) is 17.5 Å². The Balaban J connectivity index is 2.49. The Kier molecular flexibility index (Phi) is 6.19. The number of rotatable bonds is 7. The van der Waals surface area contributed by atoms with Gasteiger partial charge in [-0.05, 0) is 24.1 Å². The number of halogens is 3. The summed E-state index contributed by atoms with van der Waals surface area (Å²) in [6, 6.07) is 1.53. The van der Waals surface area contributed by atoms with E-state index < -0.39 is 23.5 Å². The zero-order chi connectivity index (χ0) is 13.5. The lowest BCUT2D eigenvalue weighted by molar-refractivity contribution is 0.441. The van der Waals surface area contributed by atoms with Gasteiger partial charge in [-0.2, -0.15) is 0 Å². The minimum absolute atomic E-state index is 0.321. The lowest BCUT2D eigenvalue weighted by Gasteiger charge is -2.12. The molecule has 1 aromatic rings. The monoisotopic (exact) mass is 259 g/mol. The van der Waals surface area contributed by atoms with Crippen LogP contribution in [0.3, 0.4) is 0 Å². The van der Waals surface area contributed by atoms with Crippen molar-refractivity contribution in [2.24, 2.45) is 5.73 Å². The van der Waals surface area contributed by atoms with E-state index >= 15 is 0 Å². The van der Waals surface area contributed by atoms with Crippen LogP contribution in [-0.2, 0) is 0 Å². The zero-order valence-electron chi connectivity index (χ0n) is 10.7. The van der Waals surface area contributed by atoms with Gasteiger partial charge in [0.1, 0.15) is 0 Å². The molecular formula is C14H20F3N. The van der Waals surface area contributed by atoms with Gasteiger partial charge >= 0.3 is 0 Å². The highest BCUT2D eigenvalue weighted by molar-refractivity contribution is 5.22. The van der Waals surface area contributed by atoms with E-state index in [1.807, 2.05) is 0 Å². The van der Waals surface area contributed by atoms with Gasteiger partial charge in [-0.25, -0.2) is 13.2 Å². The zero-order valence-corrected chi connectivity index (χ0v) is 10.7. The van der Waals surface area contributed by atoms with Gasteiger partial charge in [0, 0.05) is 6.04 Å². The summed E-state index contributed by atoms with van der Waals surface area (Å²) in [4.78, 5) is 0. The third-order valence-electron chi connectivity index (χ3n) is 3.05. The van der Waals surface area contributed by atoms with Crippen LogP contribution in [0.25, 0.3) is 0 Å². The van der Waals surface area contributed by atoms with Gasteiger partial charge in [0.05, 0.1) is 0 Å². The predicted molar refractivity (Wildman–Crippen MR) is 66.6 cm³/mol. The van der Waals surface area contributed by atoms with Gasteiger partial charge in [-0.15, -0.1) is 0 Å². The van der Waals surface area contributed by atoms with Crippen molar-refractivity contribution in [2.45, 2.75) is 51.5 Å². The number of unbranched alkanes of at least 4 members (excludes halogenated alkanes) is 4. The molecule has 18 heavy (non-hydrogen) atoms. The molecule has 0 aromatic heterocycles. The normalized spacial score (nSPS) is 12.7. The smallest absolute Gasteiger partial charge is 0.194 e. The molecule has 0 saturated carbocycles. The molecule has 0 fully saturated rings. The first-order chi connectivity index (χ1) is 8.56. The quantitative estimate of drug-likeness (QED) is 0.567. The fourth-order valence-corrected chi connectivity index (χ4v) is 1.92. The fraction of sp³-hybridized carbons (Fsp3) is 0.571. The van der Waals surface area contributed by atoms with Crippen molar-refractivity contribution in [3.8, 4) is 0 Å². The van der Waals surface area contributed by atoms with Crippen molar-refractivity contribution in [3.63, 3.8) is 0 Å². The fourth-order valence-electron chi connectivity index (χ4n) is 1.92. The van der Waals surface area contributed by atoms with Crippen LogP contribution >= 0.6 is 0 Å². The van der Waals surface area contributed by atoms with Crippen LogP contribution in [0.2, 0.25) is 0 Å². The first kappa shape index (κ1) is 15.0. The predicted octanol–water partition coefficient (Wildman–Crippen LogP) is 4.46. The molecule has 1 nitrogen and oxygen atoms in total. The standard InChI is InChI=1S/C14H20F3N/c1-2-3-4-5-6-7-13(18)10-8-11(15)14(17)12(16)9-10/h8-9,13H,2-7,18H2,1H3. The Hall–Kier alpha value is -1.03. The van der Waals surface area contributed by atoms with Crippen LogP contribution in [0.1, 0.15) is 57.1 Å². The highest BCUT2D eigenvalue weighted by atomic mass is 19.2. The highest BCUT2D eigenvalue weighted by Crippen LogP contribution is 2.22. The Labute approximate surface area is 106 Å². The number of nitrogens with two attached hydrogens (primary N) is 1. The van der Waals surface area contributed by atoms with Crippen LogP contribution in [0.4, 0.5) is 13.2 Å². The summed E-state index contributed by atoms with van der Waals surface area (Å²) < 4.78 is 38.8. The van der Waals surface area contributed by atoms with Gasteiger partial charge in [-0.3, -0.25) is 0 Å². The van der Waals surface area contributed by atoms with E-state index in [1.165, 1.54) is 12.8 Å². The molecule has 0 aliphatic rings. The van der Waals surface area contributed by atoms with Crippen molar-refractivity contribution < 1.29 is 13.2 Å². The van der Waals surface area contributed by atoms with Gasteiger partial charge < -0.3 is 5.73 Å². The second kappa shape index (κ2) is 7.41. The van der Waals surface area contributed by atoms with E-state index in [1.54, 1.807) is 0 Å². The summed E-state index contributed by atoms with van der Waals surface area (Å²) in [7, 11) is 0. The molecule has 0 heterocycles. The number of hydrogen-bond donors (Lipinski definition) is 1. The Bertz CT molecular complexity index is 356. The third kappa shape index (κ3) is 4.33. The van der Waals surface area contributed by atoms with Crippen LogP contribution in [0.5, 0.6) is 0 Å². The number of benzene rings is 1. The van der Waals surface area contributed by atoms with Crippen molar-refractivity contribution in [3.05, 3.63) is 35.1 Å². The van der Waals surface area contributed by atoms with E-state index in [4.69, 9.17) is 5.73 Å². The molecule has 0 aliphatic carbocycles. The summed E-state index contributed by atoms with van der Waals surface area (Å²) >= 11 is 0. The van der Waals surface area contributed by atoms with Crippen LogP contribution in [0, 0.1) is 17.5 Å². The first-order valence-electron chi connectivity index (χ1n) is 6.46. The molecule has 1 rings (SSSR count). The largest absolute Gasteiger partial charge is 0.324 e. The minimum Gasteiger partial charge on any atom is -0.324 e. The third-order valence-corrected chi connectivity index (χ3v) is 3.05. The Morgan fingerprint density at radius 3 is 2.11 bits per heavy atom.